The van der Waals surface area contributed by atoms with Gasteiger partial charge in [-0.25, -0.2) is 0 Å². The summed E-state index contributed by atoms with van der Waals surface area (Å²) >= 11 is 0. The SMILES string of the molecule is CCOC(=O)C1CCC2(CC1C)OCCO2. The second-order valence-electron chi connectivity index (χ2n) is 4.69. The molecule has 1 heterocycles. The minimum Gasteiger partial charge on any atom is -0.466 e. The lowest BCUT2D eigenvalue weighted by Crippen LogP contribution is -2.42. The van der Waals surface area contributed by atoms with E-state index in [9.17, 15) is 4.79 Å². The van der Waals surface area contributed by atoms with Crippen LogP contribution >= 0.6 is 0 Å². The summed E-state index contributed by atoms with van der Waals surface area (Å²) in [7, 11) is 0. The Hall–Kier alpha value is -0.610. The van der Waals surface area contributed by atoms with E-state index in [2.05, 4.69) is 6.92 Å². The molecule has 92 valence electrons. The van der Waals surface area contributed by atoms with Crippen LogP contribution in [0.25, 0.3) is 0 Å². The molecule has 1 saturated heterocycles. The largest absolute Gasteiger partial charge is 0.466 e. The van der Waals surface area contributed by atoms with Gasteiger partial charge in [-0.15, -0.1) is 0 Å². The molecule has 0 amide bonds. The van der Waals surface area contributed by atoms with E-state index in [1.165, 1.54) is 0 Å². The van der Waals surface area contributed by atoms with Gasteiger partial charge in [-0.2, -0.15) is 0 Å². The fourth-order valence-electron chi connectivity index (χ4n) is 2.75. The van der Waals surface area contributed by atoms with Gasteiger partial charge in [-0.3, -0.25) is 4.79 Å². The van der Waals surface area contributed by atoms with Gasteiger partial charge in [0, 0.05) is 12.8 Å². The lowest BCUT2D eigenvalue weighted by molar-refractivity contribution is -0.198. The Morgan fingerprint density at radius 1 is 1.44 bits per heavy atom. The van der Waals surface area contributed by atoms with Gasteiger partial charge >= 0.3 is 5.97 Å². The van der Waals surface area contributed by atoms with Gasteiger partial charge in [0.2, 0.25) is 0 Å². The van der Waals surface area contributed by atoms with Crippen molar-refractivity contribution < 1.29 is 19.0 Å². The van der Waals surface area contributed by atoms with Crippen molar-refractivity contribution in [2.75, 3.05) is 19.8 Å². The molecule has 1 saturated carbocycles. The Balaban J connectivity index is 1.94. The third-order valence-corrected chi connectivity index (χ3v) is 3.56. The van der Waals surface area contributed by atoms with Crippen molar-refractivity contribution >= 4 is 5.97 Å². The third-order valence-electron chi connectivity index (χ3n) is 3.56. The molecule has 2 atom stereocenters. The lowest BCUT2D eigenvalue weighted by atomic mass is 9.77. The molecule has 2 unspecified atom stereocenters. The number of hydrogen-bond acceptors (Lipinski definition) is 4. The summed E-state index contributed by atoms with van der Waals surface area (Å²) in [4.78, 5) is 11.7. The molecular weight excluding hydrogens is 208 g/mol. The van der Waals surface area contributed by atoms with Gasteiger partial charge < -0.3 is 14.2 Å². The van der Waals surface area contributed by atoms with Crippen LogP contribution in [0.2, 0.25) is 0 Å². The molecule has 0 N–H and O–H groups in total. The van der Waals surface area contributed by atoms with E-state index >= 15 is 0 Å². The summed E-state index contributed by atoms with van der Waals surface area (Å²) in [6.45, 7) is 5.73. The van der Waals surface area contributed by atoms with E-state index in [-0.39, 0.29) is 17.8 Å². The summed E-state index contributed by atoms with van der Waals surface area (Å²) in [5, 5.41) is 0. The summed E-state index contributed by atoms with van der Waals surface area (Å²) in [6, 6.07) is 0. The number of hydrogen-bond donors (Lipinski definition) is 0. The van der Waals surface area contributed by atoms with Crippen molar-refractivity contribution in [2.24, 2.45) is 11.8 Å². The molecule has 0 aromatic heterocycles. The predicted octanol–water partition coefficient (Wildman–Crippen LogP) is 1.73. The molecule has 2 aliphatic rings. The van der Waals surface area contributed by atoms with Gasteiger partial charge in [-0.05, 0) is 19.3 Å². The highest BCUT2D eigenvalue weighted by atomic mass is 16.7. The zero-order chi connectivity index (χ0) is 11.6. The average Bonchev–Trinajstić information content (AvgIpc) is 2.66. The third kappa shape index (κ3) is 2.23. The van der Waals surface area contributed by atoms with E-state index in [1.54, 1.807) is 0 Å². The highest BCUT2D eigenvalue weighted by Gasteiger charge is 2.45. The minimum atomic E-state index is -0.400. The molecular formula is C12H20O4. The minimum absolute atomic E-state index is 0.0124. The Morgan fingerprint density at radius 3 is 2.69 bits per heavy atom. The monoisotopic (exact) mass is 228 g/mol. The van der Waals surface area contributed by atoms with Crippen molar-refractivity contribution in [3.05, 3.63) is 0 Å². The summed E-state index contributed by atoms with van der Waals surface area (Å²) in [5.41, 5.74) is 0. The van der Waals surface area contributed by atoms with E-state index in [0.717, 1.165) is 19.3 Å². The van der Waals surface area contributed by atoms with Crippen molar-refractivity contribution in [1.29, 1.82) is 0 Å². The van der Waals surface area contributed by atoms with Crippen LogP contribution < -0.4 is 0 Å². The van der Waals surface area contributed by atoms with Crippen LogP contribution in [0.3, 0.4) is 0 Å². The molecule has 4 heteroatoms. The quantitative estimate of drug-likeness (QED) is 0.675. The molecule has 0 radical (unpaired) electrons. The molecule has 1 spiro atoms. The maximum atomic E-state index is 11.7. The van der Waals surface area contributed by atoms with Crippen LogP contribution in [0.1, 0.15) is 33.1 Å². The molecule has 1 aliphatic carbocycles. The Bertz CT molecular complexity index is 258. The maximum Gasteiger partial charge on any atom is 0.309 e. The van der Waals surface area contributed by atoms with Gasteiger partial charge in [0.05, 0.1) is 25.7 Å². The van der Waals surface area contributed by atoms with Crippen LogP contribution in [0.5, 0.6) is 0 Å². The normalized spacial score (nSPS) is 32.9. The van der Waals surface area contributed by atoms with Crippen LogP contribution in [-0.2, 0) is 19.0 Å². The molecule has 0 aromatic rings. The Labute approximate surface area is 96.2 Å². The summed E-state index contributed by atoms with van der Waals surface area (Å²) in [5.74, 6) is -0.185. The van der Waals surface area contributed by atoms with Crippen LogP contribution in [0.15, 0.2) is 0 Å². The first-order chi connectivity index (χ1) is 7.67. The van der Waals surface area contributed by atoms with E-state index in [4.69, 9.17) is 14.2 Å². The fourth-order valence-corrected chi connectivity index (χ4v) is 2.75. The maximum absolute atomic E-state index is 11.7. The molecule has 2 rings (SSSR count). The highest BCUT2D eigenvalue weighted by molar-refractivity contribution is 5.72. The topological polar surface area (TPSA) is 44.8 Å². The number of carbonyl (C=O) groups excluding carboxylic acids is 1. The average molecular weight is 228 g/mol. The zero-order valence-corrected chi connectivity index (χ0v) is 10.0. The first-order valence-electron chi connectivity index (χ1n) is 6.11. The van der Waals surface area contributed by atoms with Crippen LogP contribution in [-0.4, -0.2) is 31.6 Å². The molecule has 0 aromatic carbocycles. The fraction of sp³-hybridized carbons (Fsp3) is 0.917. The van der Waals surface area contributed by atoms with Gasteiger partial charge in [-0.1, -0.05) is 6.92 Å². The number of carbonyl (C=O) groups is 1. The molecule has 0 bridgehead atoms. The second-order valence-corrected chi connectivity index (χ2v) is 4.69. The Kier molecular flexibility index (Phi) is 3.50. The first kappa shape index (κ1) is 11.9. The molecule has 16 heavy (non-hydrogen) atoms. The smallest absolute Gasteiger partial charge is 0.309 e. The zero-order valence-electron chi connectivity index (χ0n) is 10.0. The summed E-state index contributed by atoms with van der Waals surface area (Å²) < 4.78 is 16.4. The first-order valence-corrected chi connectivity index (χ1v) is 6.11. The van der Waals surface area contributed by atoms with E-state index in [0.29, 0.717) is 19.8 Å². The van der Waals surface area contributed by atoms with E-state index in [1.807, 2.05) is 6.92 Å². The standard InChI is InChI=1S/C12H20O4/c1-3-14-11(13)10-4-5-12(8-9(10)2)15-6-7-16-12/h9-10H,3-8H2,1-2H3. The van der Waals surface area contributed by atoms with Gasteiger partial charge in [0.15, 0.2) is 5.79 Å². The second kappa shape index (κ2) is 4.72. The number of ether oxygens (including phenoxy) is 3. The van der Waals surface area contributed by atoms with Crippen molar-refractivity contribution in [1.82, 2.24) is 0 Å². The van der Waals surface area contributed by atoms with E-state index < -0.39 is 5.79 Å². The summed E-state index contributed by atoms with van der Waals surface area (Å²) in [6.07, 6.45) is 2.41. The van der Waals surface area contributed by atoms with Crippen molar-refractivity contribution in [2.45, 2.75) is 38.9 Å². The molecule has 4 nitrogen and oxygen atoms in total. The predicted molar refractivity (Wildman–Crippen MR) is 57.8 cm³/mol. The molecule has 2 fully saturated rings. The number of rotatable bonds is 2. The van der Waals surface area contributed by atoms with Crippen molar-refractivity contribution in [3.63, 3.8) is 0 Å². The number of esters is 1. The van der Waals surface area contributed by atoms with Gasteiger partial charge in [0.1, 0.15) is 0 Å². The highest BCUT2D eigenvalue weighted by Crippen LogP contribution is 2.41. The van der Waals surface area contributed by atoms with Gasteiger partial charge in [0.25, 0.3) is 0 Å². The lowest BCUT2D eigenvalue weighted by Gasteiger charge is -2.38. The Morgan fingerprint density at radius 2 is 2.12 bits per heavy atom. The van der Waals surface area contributed by atoms with Crippen LogP contribution in [0.4, 0.5) is 0 Å². The van der Waals surface area contributed by atoms with Crippen molar-refractivity contribution in [3.8, 4) is 0 Å². The molecule has 1 aliphatic heterocycles. The van der Waals surface area contributed by atoms with Crippen LogP contribution in [0, 0.1) is 11.8 Å².